The number of imide groups is 1. The van der Waals surface area contributed by atoms with Crippen LogP contribution in [-0.2, 0) is 23.9 Å². The molecular formula is C24H30N2O6. The smallest absolute Gasteiger partial charge is 0.330 e. The van der Waals surface area contributed by atoms with Crippen molar-refractivity contribution in [2.75, 3.05) is 18.5 Å². The highest BCUT2D eigenvalue weighted by Gasteiger charge is 2.62. The Morgan fingerprint density at radius 3 is 2.19 bits per heavy atom. The molecule has 1 aromatic carbocycles. The van der Waals surface area contributed by atoms with Crippen molar-refractivity contribution in [3.63, 3.8) is 0 Å². The number of carbonyl (C=O) groups is 4. The van der Waals surface area contributed by atoms with Gasteiger partial charge < -0.3 is 14.8 Å². The van der Waals surface area contributed by atoms with Crippen LogP contribution in [0.3, 0.4) is 0 Å². The van der Waals surface area contributed by atoms with Gasteiger partial charge in [0, 0.05) is 5.69 Å². The van der Waals surface area contributed by atoms with E-state index in [2.05, 4.69) is 5.32 Å². The second-order valence-corrected chi connectivity index (χ2v) is 9.23. The molecule has 3 amide bonds. The van der Waals surface area contributed by atoms with E-state index in [1.54, 1.807) is 38.1 Å². The first-order chi connectivity index (χ1) is 15.3. The van der Waals surface area contributed by atoms with Crippen molar-refractivity contribution in [3.05, 3.63) is 24.3 Å². The summed E-state index contributed by atoms with van der Waals surface area (Å²) < 4.78 is 10.6. The van der Waals surface area contributed by atoms with Crippen LogP contribution in [0.1, 0.15) is 40.0 Å². The van der Waals surface area contributed by atoms with Crippen LogP contribution in [0.15, 0.2) is 24.3 Å². The van der Waals surface area contributed by atoms with Crippen LogP contribution in [-0.4, -0.2) is 47.8 Å². The second-order valence-electron chi connectivity index (χ2n) is 9.23. The average Bonchev–Trinajstić information content (AvgIpc) is 3.44. The summed E-state index contributed by atoms with van der Waals surface area (Å²) in [7, 11) is 0. The number of anilines is 1. The van der Waals surface area contributed by atoms with Gasteiger partial charge in [-0.2, -0.15) is 0 Å². The molecule has 172 valence electrons. The Balaban J connectivity index is 1.37. The van der Waals surface area contributed by atoms with Crippen molar-refractivity contribution in [1.82, 2.24) is 4.90 Å². The van der Waals surface area contributed by atoms with E-state index in [4.69, 9.17) is 9.47 Å². The van der Waals surface area contributed by atoms with Gasteiger partial charge in [-0.3, -0.25) is 19.3 Å². The average molecular weight is 443 g/mol. The first-order valence-corrected chi connectivity index (χ1v) is 11.4. The zero-order valence-electron chi connectivity index (χ0n) is 18.7. The Morgan fingerprint density at radius 2 is 1.66 bits per heavy atom. The molecule has 0 spiro atoms. The molecule has 2 saturated carbocycles. The number of amides is 3. The summed E-state index contributed by atoms with van der Waals surface area (Å²) in [6, 6.07) is 5.83. The molecule has 0 radical (unpaired) electrons. The predicted molar refractivity (Wildman–Crippen MR) is 115 cm³/mol. The second kappa shape index (κ2) is 8.92. The molecule has 1 saturated heterocycles. The monoisotopic (exact) mass is 442 g/mol. The molecule has 1 aliphatic heterocycles. The number of likely N-dealkylation sites (tertiary alicyclic amines) is 1. The summed E-state index contributed by atoms with van der Waals surface area (Å²) in [5, 5.41) is 2.65. The van der Waals surface area contributed by atoms with Gasteiger partial charge in [-0.15, -0.1) is 0 Å². The largest absolute Gasteiger partial charge is 0.494 e. The van der Waals surface area contributed by atoms with E-state index < -0.39 is 24.5 Å². The Kier molecular flexibility index (Phi) is 6.22. The quantitative estimate of drug-likeness (QED) is 0.491. The van der Waals surface area contributed by atoms with Crippen LogP contribution in [0.2, 0.25) is 0 Å². The number of rotatable bonds is 8. The fourth-order valence-corrected chi connectivity index (χ4v) is 5.60. The highest BCUT2D eigenvalue weighted by Crippen LogP contribution is 2.56. The van der Waals surface area contributed by atoms with Gasteiger partial charge in [0.1, 0.15) is 11.8 Å². The van der Waals surface area contributed by atoms with Gasteiger partial charge in [0.05, 0.1) is 18.4 Å². The predicted octanol–water partition coefficient (Wildman–Crippen LogP) is 2.62. The van der Waals surface area contributed by atoms with Crippen LogP contribution >= 0.6 is 0 Å². The molecule has 5 atom stereocenters. The van der Waals surface area contributed by atoms with E-state index in [9.17, 15) is 19.2 Å². The summed E-state index contributed by atoms with van der Waals surface area (Å²) in [4.78, 5) is 52.5. The van der Waals surface area contributed by atoms with Crippen LogP contribution in [0.5, 0.6) is 5.75 Å². The molecule has 3 fully saturated rings. The molecule has 1 aromatic rings. The normalized spacial score (nSPS) is 26.9. The van der Waals surface area contributed by atoms with E-state index in [0.29, 0.717) is 18.0 Å². The third-order valence-corrected chi connectivity index (χ3v) is 6.91. The lowest BCUT2D eigenvalue weighted by Crippen LogP contribution is -2.50. The number of esters is 1. The summed E-state index contributed by atoms with van der Waals surface area (Å²) in [5.41, 5.74) is 0.545. The van der Waals surface area contributed by atoms with E-state index >= 15 is 0 Å². The first kappa shape index (κ1) is 22.3. The highest BCUT2D eigenvalue weighted by molar-refractivity contribution is 6.08. The summed E-state index contributed by atoms with van der Waals surface area (Å²) in [6.45, 7) is 5.48. The van der Waals surface area contributed by atoms with Gasteiger partial charge in [-0.05, 0) is 68.2 Å². The lowest BCUT2D eigenvalue weighted by Gasteiger charge is -2.28. The molecule has 0 unspecified atom stereocenters. The number of hydrogen-bond donors (Lipinski definition) is 1. The van der Waals surface area contributed by atoms with Crippen LogP contribution in [0.4, 0.5) is 5.69 Å². The number of nitrogens with one attached hydrogen (secondary N) is 1. The van der Waals surface area contributed by atoms with Gasteiger partial charge in [-0.1, -0.05) is 13.8 Å². The number of hydrogen-bond acceptors (Lipinski definition) is 6. The van der Waals surface area contributed by atoms with Gasteiger partial charge >= 0.3 is 5.97 Å². The van der Waals surface area contributed by atoms with Crippen LogP contribution < -0.4 is 10.1 Å². The number of nitrogens with zero attached hydrogens (tertiary/aromatic N) is 1. The van der Waals surface area contributed by atoms with Crippen LogP contribution in [0, 0.1) is 29.6 Å². The maximum atomic E-state index is 13.1. The number of ether oxygens (including phenoxy) is 2. The van der Waals surface area contributed by atoms with E-state index in [1.807, 2.05) is 6.92 Å². The van der Waals surface area contributed by atoms with Crippen molar-refractivity contribution < 1.29 is 28.7 Å². The molecule has 0 aromatic heterocycles. The van der Waals surface area contributed by atoms with Gasteiger partial charge in [0.15, 0.2) is 6.61 Å². The topological polar surface area (TPSA) is 102 Å². The fourth-order valence-electron chi connectivity index (χ4n) is 5.60. The molecular weight excluding hydrogens is 412 g/mol. The Morgan fingerprint density at radius 1 is 1.06 bits per heavy atom. The molecule has 32 heavy (non-hydrogen) atoms. The standard InChI is InChI=1S/C24H30N2O6/c1-4-31-17-9-7-16(8-10-17)25-18(27)12-32-24(30)21(13(2)3)26-22(28)19-14-5-6-15(11-14)20(19)23(26)29/h7-10,13-15,19-21H,4-6,11-12H2,1-3H3,(H,25,27)/t14-,15-,19-,20-,21-/m0/s1. The highest BCUT2D eigenvalue weighted by atomic mass is 16.5. The molecule has 1 heterocycles. The maximum Gasteiger partial charge on any atom is 0.330 e. The number of benzene rings is 1. The van der Waals surface area contributed by atoms with Crippen molar-refractivity contribution >= 4 is 29.4 Å². The van der Waals surface area contributed by atoms with Crippen molar-refractivity contribution in [1.29, 1.82) is 0 Å². The Hall–Kier alpha value is -2.90. The van der Waals surface area contributed by atoms with Crippen molar-refractivity contribution in [2.45, 2.75) is 46.1 Å². The molecule has 8 heteroatoms. The van der Waals surface area contributed by atoms with Crippen LogP contribution in [0.25, 0.3) is 0 Å². The van der Waals surface area contributed by atoms with E-state index in [1.165, 1.54) is 0 Å². The maximum absolute atomic E-state index is 13.1. The fraction of sp³-hybridized carbons (Fsp3) is 0.583. The number of fused-ring (bicyclic) bond motifs is 5. The molecule has 2 aliphatic carbocycles. The van der Waals surface area contributed by atoms with E-state index in [-0.39, 0.29) is 41.4 Å². The first-order valence-electron chi connectivity index (χ1n) is 11.4. The summed E-state index contributed by atoms with van der Waals surface area (Å²) >= 11 is 0. The Labute approximate surface area is 187 Å². The third-order valence-electron chi connectivity index (χ3n) is 6.91. The third kappa shape index (κ3) is 3.98. The summed E-state index contributed by atoms with van der Waals surface area (Å²) in [5.74, 6) is -1.45. The van der Waals surface area contributed by atoms with Gasteiger partial charge in [0.25, 0.3) is 5.91 Å². The minimum atomic E-state index is -1.02. The van der Waals surface area contributed by atoms with Gasteiger partial charge in [-0.25, -0.2) is 4.79 Å². The molecule has 1 N–H and O–H groups in total. The number of carbonyl (C=O) groups excluding carboxylic acids is 4. The lowest BCUT2D eigenvalue weighted by molar-refractivity contribution is -0.162. The Bertz CT molecular complexity index is 884. The zero-order valence-corrected chi connectivity index (χ0v) is 18.7. The minimum absolute atomic E-state index is 0.246. The SMILES string of the molecule is CCOc1ccc(NC(=O)COC(=O)[C@H](C(C)C)N2C(=O)[C@H]3[C@H]4CC[C@@H](C4)[C@@H]3C2=O)cc1. The molecule has 8 nitrogen and oxygen atoms in total. The zero-order chi connectivity index (χ0) is 23.0. The minimum Gasteiger partial charge on any atom is -0.494 e. The van der Waals surface area contributed by atoms with Crippen molar-refractivity contribution in [2.24, 2.45) is 29.6 Å². The van der Waals surface area contributed by atoms with E-state index in [0.717, 1.165) is 24.2 Å². The molecule has 2 bridgehead atoms. The molecule has 3 aliphatic rings. The lowest BCUT2D eigenvalue weighted by atomic mass is 9.81. The molecule has 4 rings (SSSR count). The summed E-state index contributed by atoms with van der Waals surface area (Å²) in [6.07, 6.45) is 2.88. The van der Waals surface area contributed by atoms with Crippen molar-refractivity contribution in [3.8, 4) is 5.75 Å². The van der Waals surface area contributed by atoms with Gasteiger partial charge in [0.2, 0.25) is 11.8 Å².